The largest absolute Gasteiger partial charge is 0.391 e. The molecular formula is C13H18BrNO2. The summed E-state index contributed by atoms with van der Waals surface area (Å²) in [5, 5.41) is 12.4. The molecule has 1 atom stereocenters. The summed E-state index contributed by atoms with van der Waals surface area (Å²) in [4.78, 5) is 12.0. The average Bonchev–Trinajstić information content (AvgIpc) is 2.15. The topological polar surface area (TPSA) is 49.3 Å². The molecule has 0 aromatic heterocycles. The lowest BCUT2D eigenvalue weighted by Crippen LogP contribution is -2.51. The van der Waals surface area contributed by atoms with Crippen molar-refractivity contribution in [1.82, 2.24) is 5.32 Å². The van der Waals surface area contributed by atoms with Crippen LogP contribution in [0, 0.1) is 6.92 Å². The van der Waals surface area contributed by atoms with E-state index in [1.54, 1.807) is 26.8 Å². The lowest BCUT2D eigenvalue weighted by Gasteiger charge is -2.29. The standard InChI is InChI=1S/C13H18BrNO2/c1-8-5-10(7-11(14)6-8)12(17)15-13(3,4)9(2)16/h5-7,9,16H,1-4H3,(H,15,17). The third kappa shape index (κ3) is 3.82. The van der Waals surface area contributed by atoms with Crippen LogP contribution in [-0.2, 0) is 0 Å². The number of hydrogen-bond donors (Lipinski definition) is 2. The summed E-state index contributed by atoms with van der Waals surface area (Å²) >= 11 is 3.36. The molecule has 0 bridgehead atoms. The zero-order chi connectivity index (χ0) is 13.2. The number of benzene rings is 1. The van der Waals surface area contributed by atoms with E-state index in [0.29, 0.717) is 5.56 Å². The number of aliphatic hydroxyl groups is 1. The molecule has 0 aliphatic rings. The number of carbonyl (C=O) groups excluding carboxylic acids is 1. The van der Waals surface area contributed by atoms with E-state index in [1.165, 1.54) is 0 Å². The molecule has 0 saturated heterocycles. The molecule has 1 unspecified atom stereocenters. The van der Waals surface area contributed by atoms with Crippen molar-refractivity contribution in [3.05, 3.63) is 33.8 Å². The molecule has 0 heterocycles. The predicted octanol–water partition coefficient (Wildman–Crippen LogP) is 2.65. The molecule has 17 heavy (non-hydrogen) atoms. The van der Waals surface area contributed by atoms with Gasteiger partial charge in [0.2, 0.25) is 0 Å². The Morgan fingerprint density at radius 2 is 2.00 bits per heavy atom. The fourth-order valence-corrected chi connectivity index (χ4v) is 1.94. The van der Waals surface area contributed by atoms with Crippen molar-refractivity contribution in [3.63, 3.8) is 0 Å². The van der Waals surface area contributed by atoms with Crippen molar-refractivity contribution in [2.75, 3.05) is 0 Å². The van der Waals surface area contributed by atoms with Crippen LogP contribution >= 0.6 is 15.9 Å². The minimum absolute atomic E-state index is 0.180. The molecule has 0 radical (unpaired) electrons. The van der Waals surface area contributed by atoms with Gasteiger partial charge in [-0.3, -0.25) is 4.79 Å². The highest BCUT2D eigenvalue weighted by molar-refractivity contribution is 9.10. The third-order valence-electron chi connectivity index (χ3n) is 2.78. The molecule has 0 fully saturated rings. The zero-order valence-corrected chi connectivity index (χ0v) is 12.1. The second-order valence-corrected chi connectivity index (χ2v) is 5.78. The first-order valence-electron chi connectivity index (χ1n) is 5.50. The molecule has 0 saturated carbocycles. The maximum absolute atomic E-state index is 12.0. The van der Waals surface area contributed by atoms with Crippen LogP contribution in [0.1, 0.15) is 36.7 Å². The molecule has 0 spiro atoms. The summed E-state index contributed by atoms with van der Waals surface area (Å²) in [6.45, 7) is 7.18. The molecule has 0 aliphatic heterocycles. The number of carbonyl (C=O) groups is 1. The van der Waals surface area contributed by atoms with Crippen LogP contribution in [0.5, 0.6) is 0 Å². The van der Waals surface area contributed by atoms with Gasteiger partial charge in [0, 0.05) is 10.0 Å². The number of nitrogens with one attached hydrogen (secondary N) is 1. The molecule has 1 aromatic carbocycles. The molecule has 0 aliphatic carbocycles. The zero-order valence-electron chi connectivity index (χ0n) is 10.5. The van der Waals surface area contributed by atoms with Crippen molar-refractivity contribution in [2.24, 2.45) is 0 Å². The van der Waals surface area contributed by atoms with Gasteiger partial charge >= 0.3 is 0 Å². The van der Waals surface area contributed by atoms with Crippen LogP contribution in [0.2, 0.25) is 0 Å². The Labute approximate surface area is 110 Å². The quantitative estimate of drug-likeness (QED) is 0.901. The van der Waals surface area contributed by atoms with Crippen molar-refractivity contribution >= 4 is 21.8 Å². The van der Waals surface area contributed by atoms with Crippen LogP contribution in [-0.4, -0.2) is 22.7 Å². The number of rotatable bonds is 3. The number of aryl methyl sites for hydroxylation is 1. The van der Waals surface area contributed by atoms with Gasteiger partial charge in [0.15, 0.2) is 0 Å². The van der Waals surface area contributed by atoms with Crippen LogP contribution in [0.25, 0.3) is 0 Å². The summed E-state index contributed by atoms with van der Waals surface area (Å²) in [7, 11) is 0. The second-order valence-electron chi connectivity index (χ2n) is 4.87. The van der Waals surface area contributed by atoms with E-state index in [2.05, 4.69) is 21.2 Å². The van der Waals surface area contributed by atoms with Gasteiger partial charge in [0.25, 0.3) is 5.91 Å². The highest BCUT2D eigenvalue weighted by Crippen LogP contribution is 2.17. The van der Waals surface area contributed by atoms with Crippen LogP contribution in [0.4, 0.5) is 0 Å². The lowest BCUT2D eigenvalue weighted by molar-refractivity contribution is 0.0709. The first-order valence-corrected chi connectivity index (χ1v) is 6.29. The number of hydrogen-bond acceptors (Lipinski definition) is 2. The Kier molecular flexibility index (Phi) is 4.33. The Morgan fingerprint density at radius 1 is 1.41 bits per heavy atom. The normalized spacial score (nSPS) is 13.3. The Bertz CT molecular complexity index is 407. The van der Waals surface area contributed by atoms with Gasteiger partial charge in [-0.1, -0.05) is 15.9 Å². The Morgan fingerprint density at radius 3 is 2.47 bits per heavy atom. The van der Waals surface area contributed by atoms with Crippen molar-refractivity contribution in [1.29, 1.82) is 0 Å². The smallest absolute Gasteiger partial charge is 0.251 e. The summed E-state index contributed by atoms with van der Waals surface area (Å²) in [5.41, 5.74) is 0.956. The van der Waals surface area contributed by atoms with Crippen molar-refractivity contribution in [3.8, 4) is 0 Å². The summed E-state index contributed by atoms with van der Waals surface area (Å²) < 4.78 is 0.873. The van der Waals surface area contributed by atoms with Crippen LogP contribution in [0.3, 0.4) is 0 Å². The molecule has 1 aromatic rings. The number of amides is 1. The molecule has 1 rings (SSSR count). The van der Waals surface area contributed by atoms with E-state index in [9.17, 15) is 9.90 Å². The van der Waals surface area contributed by atoms with Gasteiger partial charge in [-0.25, -0.2) is 0 Å². The summed E-state index contributed by atoms with van der Waals surface area (Å²) in [5.74, 6) is -0.180. The van der Waals surface area contributed by atoms with E-state index >= 15 is 0 Å². The fourth-order valence-electron chi connectivity index (χ4n) is 1.34. The van der Waals surface area contributed by atoms with E-state index in [1.807, 2.05) is 19.1 Å². The monoisotopic (exact) mass is 299 g/mol. The van der Waals surface area contributed by atoms with Crippen LogP contribution < -0.4 is 5.32 Å². The maximum atomic E-state index is 12.0. The van der Waals surface area contributed by atoms with E-state index in [4.69, 9.17) is 0 Å². The Hall–Kier alpha value is -0.870. The lowest BCUT2D eigenvalue weighted by atomic mass is 9.98. The highest BCUT2D eigenvalue weighted by atomic mass is 79.9. The van der Waals surface area contributed by atoms with Gasteiger partial charge in [-0.2, -0.15) is 0 Å². The third-order valence-corrected chi connectivity index (χ3v) is 3.24. The average molecular weight is 300 g/mol. The first-order chi connectivity index (χ1) is 7.72. The minimum atomic E-state index is -0.646. The molecule has 3 nitrogen and oxygen atoms in total. The van der Waals surface area contributed by atoms with Gasteiger partial charge in [-0.15, -0.1) is 0 Å². The van der Waals surface area contributed by atoms with Crippen molar-refractivity contribution in [2.45, 2.75) is 39.3 Å². The van der Waals surface area contributed by atoms with Crippen LogP contribution in [0.15, 0.2) is 22.7 Å². The van der Waals surface area contributed by atoms with Gasteiger partial charge in [-0.05, 0) is 51.5 Å². The maximum Gasteiger partial charge on any atom is 0.251 e. The molecular weight excluding hydrogens is 282 g/mol. The van der Waals surface area contributed by atoms with Gasteiger partial charge in [0.1, 0.15) is 0 Å². The number of halogens is 1. The van der Waals surface area contributed by atoms with E-state index in [-0.39, 0.29) is 5.91 Å². The number of aliphatic hydroxyl groups excluding tert-OH is 1. The van der Waals surface area contributed by atoms with Gasteiger partial charge in [0.05, 0.1) is 11.6 Å². The molecule has 1 amide bonds. The van der Waals surface area contributed by atoms with E-state index in [0.717, 1.165) is 10.0 Å². The minimum Gasteiger partial charge on any atom is -0.391 e. The second kappa shape index (κ2) is 5.19. The van der Waals surface area contributed by atoms with E-state index < -0.39 is 11.6 Å². The fraction of sp³-hybridized carbons (Fsp3) is 0.462. The predicted molar refractivity (Wildman–Crippen MR) is 72.1 cm³/mol. The van der Waals surface area contributed by atoms with Gasteiger partial charge < -0.3 is 10.4 Å². The highest BCUT2D eigenvalue weighted by Gasteiger charge is 2.26. The molecule has 4 heteroatoms. The summed E-state index contributed by atoms with van der Waals surface area (Å²) in [6, 6.07) is 5.52. The first kappa shape index (κ1) is 14.2. The summed E-state index contributed by atoms with van der Waals surface area (Å²) in [6.07, 6.45) is -0.611. The SMILES string of the molecule is Cc1cc(Br)cc(C(=O)NC(C)(C)C(C)O)c1. The Balaban J connectivity index is 2.91. The molecule has 2 N–H and O–H groups in total. The molecule has 94 valence electrons. The van der Waals surface area contributed by atoms with Crippen molar-refractivity contribution < 1.29 is 9.90 Å².